The molecule has 1 aromatic carbocycles. The highest BCUT2D eigenvalue weighted by Gasteiger charge is 2.19. The normalized spacial score (nSPS) is 11.2. The van der Waals surface area contributed by atoms with Crippen LogP contribution in [0.15, 0.2) is 18.2 Å². The van der Waals surface area contributed by atoms with Gasteiger partial charge < -0.3 is 11.1 Å². The summed E-state index contributed by atoms with van der Waals surface area (Å²) in [6, 6.07) is 5.44. The van der Waals surface area contributed by atoms with Crippen molar-refractivity contribution in [3.63, 3.8) is 0 Å². The molecule has 0 spiro atoms. The van der Waals surface area contributed by atoms with Crippen LogP contribution in [0.5, 0.6) is 0 Å². The summed E-state index contributed by atoms with van der Waals surface area (Å²) in [5.74, 6) is 0. The Labute approximate surface area is 90.7 Å². The van der Waals surface area contributed by atoms with Crippen molar-refractivity contribution in [2.45, 2.75) is 33.1 Å². The molecule has 0 heterocycles. The number of amides is 2. The zero-order chi connectivity index (χ0) is 11.6. The molecule has 0 bridgehead atoms. The van der Waals surface area contributed by atoms with Gasteiger partial charge in [0.2, 0.25) is 0 Å². The molecular formula is C12H18N2O. The van der Waals surface area contributed by atoms with Crippen molar-refractivity contribution in [1.82, 2.24) is 0 Å². The van der Waals surface area contributed by atoms with Crippen LogP contribution in [0.3, 0.4) is 0 Å². The van der Waals surface area contributed by atoms with Gasteiger partial charge in [-0.3, -0.25) is 0 Å². The first-order chi connectivity index (χ1) is 6.82. The molecular weight excluding hydrogens is 188 g/mol. The first-order valence-corrected chi connectivity index (χ1v) is 4.99. The van der Waals surface area contributed by atoms with E-state index in [0.717, 1.165) is 16.8 Å². The molecule has 82 valence electrons. The Morgan fingerprint density at radius 1 is 1.33 bits per heavy atom. The predicted molar refractivity (Wildman–Crippen MR) is 63.1 cm³/mol. The van der Waals surface area contributed by atoms with Gasteiger partial charge in [0.25, 0.3) is 0 Å². The summed E-state index contributed by atoms with van der Waals surface area (Å²) < 4.78 is 0. The molecule has 3 heteroatoms. The Kier molecular flexibility index (Phi) is 3.03. The number of aryl methyl sites for hydroxylation is 1. The highest BCUT2D eigenvalue weighted by molar-refractivity contribution is 5.90. The van der Waals surface area contributed by atoms with Crippen molar-refractivity contribution in [2.75, 3.05) is 5.32 Å². The lowest BCUT2D eigenvalue weighted by molar-refractivity contribution is 0.259. The molecule has 0 aliphatic heterocycles. The average Bonchev–Trinajstić information content (AvgIpc) is 2.05. The Bertz CT molecular complexity index is 378. The second kappa shape index (κ2) is 3.93. The van der Waals surface area contributed by atoms with Crippen LogP contribution in [0.1, 0.15) is 31.9 Å². The summed E-state index contributed by atoms with van der Waals surface area (Å²) >= 11 is 0. The molecule has 0 atom stereocenters. The minimum atomic E-state index is -0.519. The van der Waals surface area contributed by atoms with Crippen LogP contribution in [0.25, 0.3) is 0 Å². The second-order valence-electron chi connectivity index (χ2n) is 4.74. The molecule has 0 fully saturated rings. The second-order valence-corrected chi connectivity index (χ2v) is 4.74. The van der Waals surface area contributed by atoms with Gasteiger partial charge in [0.1, 0.15) is 0 Å². The maximum absolute atomic E-state index is 10.9. The minimum Gasteiger partial charge on any atom is -0.351 e. The quantitative estimate of drug-likeness (QED) is 0.729. The van der Waals surface area contributed by atoms with E-state index in [-0.39, 0.29) is 5.41 Å². The van der Waals surface area contributed by atoms with Crippen molar-refractivity contribution in [2.24, 2.45) is 5.73 Å². The maximum atomic E-state index is 10.9. The van der Waals surface area contributed by atoms with Crippen LogP contribution in [0.2, 0.25) is 0 Å². The number of carbonyl (C=O) groups excluding carboxylic acids is 1. The summed E-state index contributed by atoms with van der Waals surface area (Å²) in [4.78, 5) is 10.9. The van der Waals surface area contributed by atoms with Gasteiger partial charge in [0, 0.05) is 5.69 Å². The molecule has 1 rings (SSSR count). The lowest BCUT2D eigenvalue weighted by atomic mass is 9.84. The van der Waals surface area contributed by atoms with E-state index in [4.69, 9.17) is 5.73 Å². The van der Waals surface area contributed by atoms with Crippen LogP contribution in [0, 0.1) is 6.92 Å². The van der Waals surface area contributed by atoms with E-state index < -0.39 is 6.03 Å². The van der Waals surface area contributed by atoms with Crippen molar-refractivity contribution in [3.8, 4) is 0 Å². The van der Waals surface area contributed by atoms with Crippen molar-refractivity contribution >= 4 is 11.7 Å². The third-order valence-corrected chi connectivity index (χ3v) is 2.33. The number of hydrogen-bond acceptors (Lipinski definition) is 1. The molecule has 0 aliphatic carbocycles. The third kappa shape index (κ3) is 2.72. The lowest BCUT2D eigenvalue weighted by Crippen LogP contribution is -2.23. The summed E-state index contributed by atoms with van der Waals surface area (Å²) in [6.45, 7) is 8.27. The van der Waals surface area contributed by atoms with E-state index in [1.165, 1.54) is 0 Å². The zero-order valence-electron chi connectivity index (χ0n) is 9.72. The maximum Gasteiger partial charge on any atom is 0.316 e. The monoisotopic (exact) mass is 206 g/mol. The number of carbonyl (C=O) groups is 1. The number of anilines is 1. The van der Waals surface area contributed by atoms with Gasteiger partial charge in [0.05, 0.1) is 0 Å². The molecule has 1 aromatic rings. The number of rotatable bonds is 1. The number of urea groups is 1. The van der Waals surface area contributed by atoms with Crippen LogP contribution in [-0.4, -0.2) is 6.03 Å². The van der Waals surface area contributed by atoms with Crippen LogP contribution in [0.4, 0.5) is 10.5 Å². The molecule has 0 unspecified atom stereocenters. The number of primary amides is 1. The molecule has 3 N–H and O–H groups in total. The molecule has 3 nitrogen and oxygen atoms in total. The molecule has 0 saturated heterocycles. The summed E-state index contributed by atoms with van der Waals surface area (Å²) in [5.41, 5.74) is 8.10. The molecule has 15 heavy (non-hydrogen) atoms. The molecule has 0 saturated carbocycles. The van der Waals surface area contributed by atoms with E-state index in [9.17, 15) is 4.79 Å². The number of nitrogens with two attached hydrogens (primary N) is 1. The van der Waals surface area contributed by atoms with Crippen LogP contribution in [-0.2, 0) is 5.41 Å². The number of benzene rings is 1. The Morgan fingerprint density at radius 2 is 1.93 bits per heavy atom. The van der Waals surface area contributed by atoms with Gasteiger partial charge in [-0.25, -0.2) is 4.79 Å². The van der Waals surface area contributed by atoms with Crippen molar-refractivity contribution in [3.05, 3.63) is 29.3 Å². The van der Waals surface area contributed by atoms with Gasteiger partial charge in [0.15, 0.2) is 0 Å². The smallest absolute Gasteiger partial charge is 0.316 e. The summed E-state index contributed by atoms with van der Waals surface area (Å²) in [5, 5.41) is 2.69. The summed E-state index contributed by atoms with van der Waals surface area (Å²) in [7, 11) is 0. The minimum absolute atomic E-state index is 0.0101. The first kappa shape index (κ1) is 11.6. The third-order valence-electron chi connectivity index (χ3n) is 2.33. The van der Waals surface area contributed by atoms with E-state index >= 15 is 0 Å². The lowest BCUT2D eigenvalue weighted by Gasteiger charge is -2.24. The largest absolute Gasteiger partial charge is 0.351 e. The molecule has 0 aromatic heterocycles. The zero-order valence-corrected chi connectivity index (χ0v) is 9.72. The van der Waals surface area contributed by atoms with Gasteiger partial charge in [-0.15, -0.1) is 0 Å². The fourth-order valence-corrected chi connectivity index (χ4v) is 1.58. The number of nitrogens with one attached hydrogen (secondary N) is 1. The highest BCUT2D eigenvalue weighted by Crippen LogP contribution is 2.31. The highest BCUT2D eigenvalue weighted by atomic mass is 16.2. The standard InChI is InChI=1S/C12H18N2O/c1-8-6-5-7-9(12(2,3)4)10(8)14-11(13)15/h5-7H,1-4H3,(H3,13,14,15). The van der Waals surface area contributed by atoms with Gasteiger partial charge in [-0.2, -0.15) is 0 Å². The predicted octanol–water partition coefficient (Wildman–Crippen LogP) is 2.78. The fraction of sp³-hybridized carbons (Fsp3) is 0.417. The average molecular weight is 206 g/mol. The Hall–Kier alpha value is -1.51. The summed E-state index contributed by atoms with van der Waals surface area (Å²) in [6.07, 6.45) is 0. The van der Waals surface area contributed by atoms with E-state index in [2.05, 4.69) is 26.1 Å². The SMILES string of the molecule is Cc1cccc(C(C)(C)C)c1NC(N)=O. The van der Waals surface area contributed by atoms with Crippen molar-refractivity contribution in [1.29, 1.82) is 0 Å². The molecule has 0 aliphatic rings. The fourth-order valence-electron chi connectivity index (χ4n) is 1.58. The number of para-hydroxylation sites is 1. The van der Waals surface area contributed by atoms with E-state index in [0.29, 0.717) is 0 Å². The number of hydrogen-bond donors (Lipinski definition) is 2. The van der Waals surface area contributed by atoms with E-state index in [1.54, 1.807) is 0 Å². The van der Waals surface area contributed by atoms with Crippen LogP contribution < -0.4 is 11.1 Å². The Morgan fingerprint density at radius 3 is 2.40 bits per heavy atom. The van der Waals surface area contributed by atoms with Gasteiger partial charge in [-0.1, -0.05) is 39.0 Å². The Balaban J connectivity index is 3.26. The molecule has 2 amide bonds. The first-order valence-electron chi connectivity index (χ1n) is 4.99. The molecule has 0 radical (unpaired) electrons. The van der Waals surface area contributed by atoms with E-state index in [1.807, 2.05) is 25.1 Å². The topological polar surface area (TPSA) is 55.1 Å². The van der Waals surface area contributed by atoms with Crippen LogP contribution >= 0.6 is 0 Å². The van der Waals surface area contributed by atoms with Gasteiger partial charge >= 0.3 is 6.03 Å². The van der Waals surface area contributed by atoms with Crippen molar-refractivity contribution < 1.29 is 4.79 Å². The van der Waals surface area contributed by atoms with Gasteiger partial charge in [-0.05, 0) is 23.5 Å².